The van der Waals surface area contributed by atoms with E-state index in [2.05, 4.69) is 17.1 Å². The Balaban J connectivity index is 1.66. The lowest BCUT2D eigenvalue weighted by Crippen LogP contribution is -2.40. The molecule has 0 spiro atoms. The van der Waals surface area contributed by atoms with Crippen molar-refractivity contribution in [1.82, 2.24) is 9.80 Å². The van der Waals surface area contributed by atoms with Crippen molar-refractivity contribution < 1.29 is 14.3 Å². The number of nitrogens with zero attached hydrogens (tertiary/aromatic N) is 2. The summed E-state index contributed by atoms with van der Waals surface area (Å²) in [5, 5.41) is 3.03. The van der Waals surface area contributed by atoms with Gasteiger partial charge in [0.15, 0.2) is 0 Å². The molecule has 0 saturated carbocycles. The van der Waals surface area contributed by atoms with E-state index in [4.69, 9.17) is 9.47 Å². The van der Waals surface area contributed by atoms with Crippen LogP contribution in [0.2, 0.25) is 0 Å². The van der Waals surface area contributed by atoms with Crippen molar-refractivity contribution in [1.29, 1.82) is 0 Å². The first kappa shape index (κ1) is 22.9. The first-order valence-electron chi connectivity index (χ1n) is 11.2. The van der Waals surface area contributed by atoms with Gasteiger partial charge in [-0.2, -0.15) is 0 Å². The molecule has 0 aromatic heterocycles. The monoisotopic (exact) mass is 425 g/mol. The number of piperidine rings is 1. The molecule has 2 amide bonds. The predicted molar refractivity (Wildman–Crippen MR) is 125 cm³/mol. The summed E-state index contributed by atoms with van der Waals surface area (Å²) in [6.07, 6.45) is 4.80. The number of para-hydroxylation sites is 1. The number of carbonyl (C=O) groups excluding carboxylic acids is 1. The zero-order valence-corrected chi connectivity index (χ0v) is 19.0. The maximum Gasteiger partial charge on any atom is 0.322 e. The summed E-state index contributed by atoms with van der Waals surface area (Å²) in [5.74, 6) is 1.56. The third-order valence-electron chi connectivity index (χ3n) is 6.00. The van der Waals surface area contributed by atoms with Gasteiger partial charge in [0.25, 0.3) is 0 Å². The van der Waals surface area contributed by atoms with Gasteiger partial charge in [0.2, 0.25) is 0 Å². The molecule has 3 rings (SSSR count). The van der Waals surface area contributed by atoms with E-state index in [9.17, 15) is 4.79 Å². The number of methoxy groups -OCH3 is 2. The third kappa shape index (κ3) is 6.62. The summed E-state index contributed by atoms with van der Waals surface area (Å²) >= 11 is 0. The van der Waals surface area contributed by atoms with Crippen LogP contribution in [0.5, 0.6) is 11.5 Å². The number of hydrogen-bond donors (Lipinski definition) is 1. The van der Waals surface area contributed by atoms with Gasteiger partial charge in [0.1, 0.15) is 11.5 Å². The number of carbonyl (C=O) groups is 1. The maximum absolute atomic E-state index is 13.1. The molecule has 6 nitrogen and oxygen atoms in total. The number of likely N-dealkylation sites (tertiary alicyclic amines) is 1. The zero-order chi connectivity index (χ0) is 22.1. The molecule has 1 unspecified atom stereocenters. The van der Waals surface area contributed by atoms with E-state index >= 15 is 0 Å². The van der Waals surface area contributed by atoms with E-state index in [1.54, 1.807) is 14.2 Å². The lowest BCUT2D eigenvalue weighted by atomic mass is 10.0. The van der Waals surface area contributed by atoms with Crippen molar-refractivity contribution >= 4 is 11.7 Å². The predicted octanol–water partition coefficient (Wildman–Crippen LogP) is 5.00. The molecular formula is C25H35N3O3. The van der Waals surface area contributed by atoms with Gasteiger partial charge in [-0.15, -0.1) is 0 Å². The van der Waals surface area contributed by atoms with E-state index in [1.807, 2.05) is 53.4 Å². The first-order valence-corrected chi connectivity index (χ1v) is 11.2. The van der Waals surface area contributed by atoms with E-state index in [-0.39, 0.29) is 6.03 Å². The van der Waals surface area contributed by atoms with Gasteiger partial charge in [0.05, 0.1) is 20.8 Å². The Kier molecular flexibility index (Phi) is 8.59. The van der Waals surface area contributed by atoms with Crippen molar-refractivity contribution in [2.75, 3.05) is 39.2 Å². The standard InChI is InChI=1S/C25H35N3O3/c1-20-9-6-7-16-27(20)17-8-18-28(19-21-10-4-5-11-24(21)31-3)25(29)26-22-12-14-23(30-2)15-13-22/h4-5,10-15,20H,6-9,16-19H2,1-3H3,(H,26,29). The fourth-order valence-electron chi connectivity index (χ4n) is 4.12. The minimum atomic E-state index is -0.109. The fraction of sp³-hybridized carbons (Fsp3) is 0.480. The number of amides is 2. The quantitative estimate of drug-likeness (QED) is 0.614. The Labute approximate surface area is 186 Å². The molecule has 1 aliphatic heterocycles. The number of urea groups is 1. The number of benzene rings is 2. The van der Waals surface area contributed by atoms with Crippen LogP contribution >= 0.6 is 0 Å². The fourth-order valence-corrected chi connectivity index (χ4v) is 4.12. The molecule has 1 heterocycles. The van der Waals surface area contributed by atoms with Crippen LogP contribution in [0.4, 0.5) is 10.5 Å². The minimum Gasteiger partial charge on any atom is -0.497 e. The highest BCUT2D eigenvalue weighted by Gasteiger charge is 2.20. The first-order chi connectivity index (χ1) is 15.1. The molecule has 6 heteroatoms. The molecule has 0 aliphatic carbocycles. The van der Waals surface area contributed by atoms with Crippen molar-refractivity contribution in [2.45, 2.75) is 45.2 Å². The Morgan fingerprint density at radius 2 is 1.87 bits per heavy atom. The normalized spacial score (nSPS) is 16.5. The number of rotatable bonds is 9. The van der Waals surface area contributed by atoms with Gasteiger partial charge in [-0.25, -0.2) is 4.79 Å². The summed E-state index contributed by atoms with van der Waals surface area (Å²) in [4.78, 5) is 17.6. The van der Waals surface area contributed by atoms with Gasteiger partial charge >= 0.3 is 6.03 Å². The third-order valence-corrected chi connectivity index (χ3v) is 6.00. The Hall–Kier alpha value is -2.73. The van der Waals surface area contributed by atoms with Crippen molar-refractivity contribution in [2.24, 2.45) is 0 Å². The smallest absolute Gasteiger partial charge is 0.322 e. The Morgan fingerprint density at radius 1 is 1.10 bits per heavy atom. The molecule has 168 valence electrons. The maximum atomic E-state index is 13.1. The zero-order valence-electron chi connectivity index (χ0n) is 19.0. The number of hydrogen-bond acceptors (Lipinski definition) is 4. The number of ether oxygens (including phenoxy) is 2. The van der Waals surface area contributed by atoms with E-state index in [0.717, 1.165) is 42.3 Å². The molecule has 1 fully saturated rings. The average molecular weight is 426 g/mol. The Bertz CT molecular complexity index is 825. The van der Waals surface area contributed by atoms with Crippen molar-refractivity contribution in [3.05, 3.63) is 54.1 Å². The van der Waals surface area contributed by atoms with E-state index in [0.29, 0.717) is 19.1 Å². The molecule has 1 aliphatic rings. The van der Waals surface area contributed by atoms with Gasteiger partial charge in [0, 0.05) is 30.4 Å². The highest BCUT2D eigenvalue weighted by Crippen LogP contribution is 2.22. The van der Waals surface area contributed by atoms with Gasteiger partial charge in [-0.05, 0) is 63.1 Å². The number of nitrogens with one attached hydrogen (secondary N) is 1. The number of anilines is 1. The van der Waals surface area contributed by atoms with Crippen LogP contribution < -0.4 is 14.8 Å². The molecule has 2 aromatic carbocycles. The SMILES string of the molecule is COc1ccc(NC(=O)N(CCCN2CCCCC2C)Cc2ccccc2OC)cc1. The van der Waals surface area contributed by atoms with Crippen LogP contribution in [0.1, 0.15) is 38.2 Å². The van der Waals surface area contributed by atoms with Crippen LogP contribution in [-0.2, 0) is 6.54 Å². The molecule has 2 aromatic rings. The van der Waals surface area contributed by atoms with Crippen molar-refractivity contribution in [3.63, 3.8) is 0 Å². The molecule has 0 radical (unpaired) electrons. The van der Waals surface area contributed by atoms with Crippen molar-refractivity contribution in [3.8, 4) is 11.5 Å². The van der Waals surface area contributed by atoms with Crippen LogP contribution in [0, 0.1) is 0 Å². The largest absolute Gasteiger partial charge is 0.497 e. The summed E-state index contributed by atoms with van der Waals surface area (Å²) in [7, 11) is 3.30. The summed E-state index contributed by atoms with van der Waals surface area (Å²) in [5.41, 5.74) is 1.75. The molecule has 0 bridgehead atoms. The minimum absolute atomic E-state index is 0.109. The summed E-state index contributed by atoms with van der Waals surface area (Å²) in [6.45, 7) is 5.66. The van der Waals surface area contributed by atoms with Gasteiger partial charge in [-0.1, -0.05) is 24.6 Å². The highest BCUT2D eigenvalue weighted by molar-refractivity contribution is 5.89. The van der Waals surface area contributed by atoms with Crippen LogP contribution in [0.25, 0.3) is 0 Å². The van der Waals surface area contributed by atoms with Crippen LogP contribution in [-0.4, -0.2) is 55.7 Å². The van der Waals surface area contributed by atoms with Crippen LogP contribution in [0.15, 0.2) is 48.5 Å². The van der Waals surface area contributed by atoms with Gasteiger partial charge in [-0.3, -0.25) is 0 Å². The summed E-state index contributed by atoms with van der Waals surface area (Å²) < 4.78 is 10.7. The molecule has 1 atom stereocenters. The lowest BCUT2D eigenvalue weighted by Gasteiger charge is -2.34. The lowest BCUT2D eigenvalue weighted by molar-refractivity contribution is 0.150. The van der Waals surface area contributed by atoms with E-state index < -0.39 is 0 Å². The second-order valence-corrected chi connectivity index (χ2v) is 8.13. The highest BCUT2D eigenvalue weighted by atomic mass is 16.5. The van der Waals surface area contributed by atoms with E-state index in [1.165, 1.54) is 19.3 Å². The molecular weight excluding hydrogens is 390 g/mol. The van der Waals surface area contributed by atoms with Gasteiger partial charge < -0.3 is 24.6 Å². The second kappa shape index (κ2) is 11.6. The molecule has 31 heavy (non-hydrogen) atoms. The molecule has 1 saturated heterocycles. The second-order valence-electron chi connectivity index (χ2n) is 8.13. The molecule has 1 N–H and O–H groups in total. The Morgan fingerprint density at radius 3 is 2.58 bits per heavy atom. The van der Waals surface area contributed by atoms with Crippen LogP contribution in [0.3, 0.4) is 0 Å². The average Bonchev–Trinajstić information content (AvgIpc) is 2.80. The summed E-state index contributed by atoms with van der Waals surface area (Å²) in [6, 6.07) is 15.8. The topological polar surface area (TPSA) is 54.0 Å².